The normalized spacial score (nSPS) is 21.6. The number of aliphatic hydroxyl groups excluding tert-OH is 1. The quantitative estimate of drug-likeness (QED) is 0.612. The number of aromatic hydroxyl groups is 1. The molecule has 0 aromatic heterocycles. The van der Waals surface area contributed by atoms with Crippen molar-refractivity contribution in [3.05, 3.63) is 53.6 Å². The standard InChI is InChI=1S/C26H35NO3/c1-19(8-7-11-20-9-3-2-4-10-20)30-23-17-24-26(25(29)18-23)21(13-15-28)16-22-12-5-6-14-27(22)24/h2-4,9-10,17-19,21-22,28-29H,5-8,11-16H2,1H3/t19-,21-,22-/m0/s1. The summed E-state index contributed by atoms with van der Waals surface area (Å²) in [6, 6.07) is 15.0. The number of anilines is 1. The second kappa shape index (κ2) is 9.74. The van der Waals surface area contributed by atoms with E-state index in [4.69, 9.17) is 4.74 Å². The average Bonchev–Trinajstić information content (AvgIpc) is 2.74. The van der Waals surface area contributed by atoms with Crippen molar-refractivity contribution >= 4 is 5.69 Å². The maximum Gasteiger partial charge on any atom is 0.125 e. The summed E-state index contributed by atoms with van der Waals surface area (Å²) in [5, 5.41) is 20.4. The van der Waals surface area contributed by atoms with Crippen LogP contribution in [0.25, 0.3) is 0 Å². The van der Waals surface area contributed by atoms with Gasteiger partial charge < -0.3 is 19.8 Å². The molecule has 0 spiro atoms. The molecule has 1 fully saturated rings. The van der Waals surface area contributed by atoms with Crippen LogP contribution in [-0.2, 0) is 6.42 Å². The van der Waals surface area contributed by atoms with Gasteiger partial charge in [0.15, 0.2) is 0 Å². The molecule has 1 saturated heterocycles. The maximum atomic E-state index is 10.9. The van der Waals surface area contributed by atoms with Crippen LogP contribution >= 0.6 is 0 Å². The van der Waals surface area contributed by atoms with Crippen molar-refractivity contribution in [1.82, 2.24) is 0 Å². The molecular formula is C26H35NO3. The summed E-state index contributed by atoms with van der Waals surface area (Å²) >= 11 is 0. The number of phenolic OH excluding ortho intramolecular Hbond substituents is 1. The highest BCUT2D eigenvalue weighted by atomic mass is 16.5. The maximum absolute atomic E-state index is 10.9. The van der Waals surface area contributed by atoms with E-state index >= 15 is 0 Å². The molecule has 2 aliphatic rings. The third-order valence-electron chi connectivity index (χ3n) is 6.75. The van der Waals surface area contributed by atoms with Gasteiger partial charge in [0.2, 0.25) is 0 Å². The third kappa shape index (κ3) is 4.75. The zero-order valence-corrected chi connectivity index (χ0v) is 18.1. The molecule has 0 saturated carbocycles. The molecule has 2 heterocycles. The van der Waals surface area contributed by atoms with Crippen molar-refractivity contribution in [2.24, 2.45) is 0 Å². The molecule has 0 aliphatic carbocycles. The van der Waals surface area contributed by atoms with E-state index in [0.29, 0.717) is 18.2 Å². The monoisotopic (exact) mass is 409 g/mol. The van der Waals surface area contributed by atoms with Crippen LogP contribution in [0.5, 0.6) is 11.5 Å². The summed E-state index contributed by atoms with van der Waals surface area (Å²) in [6.07, 6.45) is 8.61. The number of hydrogen-bond donors (Lipinski definition) is 2. The lowest BCUT2D eigenvalue weighted by Crippen LogP contribution is -2.44. The van der Waals surface area contributed by atoms with Gasteiger partial charge >= 0.3 is 0 Å². The fourth-order valence-corrected chi connectivity index (χ4v) is 5.28. The lowest BCUT2D eigenvalue weighted by Gasteiger charge is -2.45. The largest absolute Gasteiger partial charge is 0.507 e. The van der Waals surface area contributed by atoms with Crippen LogP contribution in [0, 0.1) is 0 Å². The molecule has 0 unspecified atom stereocenters. The lowest BCUT2D eigenvalue weighted by molar-refractivity contribution is 0.207. The summed E-state index contributed by atoms with van der Waals surface area (Å²) in [6.45, 7) is 3.31. The van der Waals surface area contributed by atoms with Gasteiger partial charge in [-0.15, -0.1) is 0 Å². The molecule has 2 aliphatic heterocycles. The number of ether oxygens (including phenoxy) is 1. The van der Waals surface area contributed by atoms with Crippen LogP contribution in [0.2, 0.25) is 0 Å². The Labute approximate surface area is 180 Å². The number of phenols is 1. The first-order valence-corrected chi connectivity index (χ1v) is 11.6. The second-order valence-electron chi connectivity index (χ2n) is 8.97. The van der Waals surface area contributed by atoms with Crippen LogP contribution in [-0.4, -0.2) is 35.5 Å². The molecule has 3 atom stereocenters. The van der Waals surface area contributed by atoms with Crippen molar-refractivity contribution in [2.45, 2.75) is 76.4 Å². The van der Waals surface area contributed by atoms with Crippen LogP contribution in [0.3, 0.4) is 0 Å². The van der Waals surface area contributed by atoms with Crippen LogP contribution in [0.15, 0.2) is 42.5 Å². The molecule has 2 aromatic rings. The average molecular weight is 410 g/mol. The Balaban J connectivity index is 1.46. The van der Waals surface area contributed by atoms with E-state index in [2.05, 4.69) is 48.2 Å². The summed E-state index contributed by atoms with van der Waals surface area (Å²) in [7, 11) is 0. The lowest BCUT2D eigenvalue weighted by atomic mass is 9.80. The summed E-state index contributed by atoms with van der Waals surface area (Å²) < 4.78 is 6.24. The molecule has 30 heavy (non-hydrogen) atoms. The van der Waals surface area contributed by atoms with Gasteiger partial charge in [-0.1, -0.05) is 30.3 Å². The van der Waals surface area contributed by atoms with E-state index in [0.717, 1.165) is 49.2 Å². The highest BCUT2D eigenvalue weighted by Gasteiger charge is 2.36. The number of benzene rings is 2. The van der Waals surface area contributed by atoms with E-state index in [9.17, 15) is 10.2 Å². The topological polar surface area (TPSA) is 52.9 Å². The van der Waals surface area contributed by atoms with Gasteiger partial charge in [0.1, 0.15) is 11.5 Å². The Morgan fingerprint density at radius 2 is 2.00 bits per heavy atom. The Hall–Kier alpha value is -2.20. The number of piperidine rings is 1. The highest BCUT2D eigenvalue weighted by molar-refractivity contribution is 5.66. The second-order valence-corrected chi connectivity index (χ2v) is 8.97. The number of aryl methyl sites for hydroxylation is 1. The molecule has 4 heteroatoms. The highest BCUT2D eigenvalue weighted by Crippen LogP contribution is 2.48. The smallest absolute Gasteiger partial charge is 0.125 e. The minimum Gasteiger partial charge on any atom is -0.507 e. The van der Waals surface area contributed by atoms with Gasteiger partial charge in [0, 0.05) is 42.6 Å². The molecule has 0 bridgehead atoms. The molecule has 2 aromatic carbocycles. The SMILES string of the molecule is C[C@@H](CCCc1ccccc1)Oc1cc(O)c2c(c1)N1CCCC[C@H]1C[C@@H]2CCO. The molecular weight excluding hydrogens is 374 g/mol. The van der Waals surface area contributed by atoms with Crippen molar-refractivity contribution in [3.63, 3.8) is 0 Å². The first-order valence-electron chi connectivity index (χ1n) is 11.6. The number of hydrogen-bond acceptors (Lipinski definition) is 4. The zero-order chi connectivity index (χ0) is 20.9. The van der Waals surface area contributed by atoms with Gasteiger partial charge in [0.25, 0.3) is 0 Å². The van der Waals surface area contributed by atoms with E-state index in [1.807, 2.05) is 0 Å². The van der Waals surface area contributed by atoms with Gasteiger partial charge in [0.05, 0.1) is 6.10 Å². The van der Waals surface area contributed by atoms with Crippen LogP contribution in [0.1, 0.15) is 68.9 Å². The van der Waals surface area contributed by atoms with Gasteiger partial charge in [-0.3, -0.25) is 0 Å². The number of nitrogens with zero attached hydrogens (tertiary/aromatic N) is 1. The van der Waals surface area contributed by atoms with Gasteiger partial charge in [-0.2, -0.15) is 0 Å². The molecule has 0 radical (unpaired) electrons. The predicted molar refractivity (Wildman–Crippen MR) is 122 cm³/mol. The minimum absolute atomic E-state index is 0.0974. The van der Waals surface area contributed by atoms with Crippen LogP contribution < -0.4 is 9.64 Å². The fraction of sp³-hybridized carbons (Fsp3) is 0.538. The van der Waals surface area contributed by atoms with E-state index < -0.39 is 0 Å². The first kappa shape index (κ1) is 21.0. The fourth-order valence-electron chi connectivity index (χ4n) is 5.28. The van der Waals surface area contributed by atoms with E-state index in [-0.39, 0.29) is 18.6 Å². The van der Waals surface area contributed by atoms with E-state index in [1.54, 1.807) is 6.07 Å². The summed E-state index contributed by atoms with van der Waals surface area (Å²) in [5.41, 5.74) is 3.49. The van der Waals surface area contributed by atoms with Gasteiger partial charge in [-0.25, -0.2) is 0 Å². The molecule has 0 amide bonds. The molecule has 4 rings (SSSR count). The van der Waals surface area contributed by atoms with E-state index in [1.165, 1.54) is 24.8 Å². The Morgan fingerprint density at radius 1 is 1.17 bits per heavy atom. The number of aliphatic hydroxyl groups is 1. The van der Waals surface area contributed by atoms with Crippen molar-refractivity contribution in [3.8, 4) is 11.5 Å². The number of rotatable bonds is 8. The summed E-state index contributed by atoms with van der Waals surface area (Å²) in [5.74, 6) is 1.30. The first-order chi connectivity index (χ1) is 14.7. The predicted octanol–water partition coefficient (Wildman–Crippen LogP) is 5.41. The van der Waals surface area contributed by atoms with Crippen molar-refractivity contribution < 1.29 is 14.9 Å². The Kier molecular flexibility index (Phi) is 6.83. The van der Waals surface area contributed by atoms with Crippen molar-refractivity contribution in [2.75, 3.05) is 18.1 Å². The zero-order valence-electron chi connectivity index (χ0n) is 18.1. The molecule has 4 nitrogen and oxygen atoms in total. The van der Waals surface area contributed by atoms with Gasteiger partial charge in [-0.05, 0) is 69.8 Å². The van der Waals surface area contributed by atoms with Crippen LogP contribution in [0.4, 0.5) is 5.69 Å². The Bertz CT molecular complexity index is 823. The summed E-state index contributed by atoms with van der Waals surface area (Å²) in [4.78, 5) is 2.47. The third-order valence-corrected chi connectivity index (χ3v) is 6.75. The minimum atomic E-state index is 0.0974. The van der Waals surface area contributed by atoms with Crippen molar-refractivity contribution in [1.29, 1.82) is 0 Å². The number of fused-ring (bicyclic) bond motifs is 3. The molecule has 162 valence electrons. The molecule has 2 N–H and O–H groups in total. The Morgan fingerprint density at radius 3 is 2.80 bits per heavy atom.